The second-order valence-corrected chi connectivity index (χ2v) is 4.74. The van der Waals surface area contributed by atoms with Crippen molar-refractivity contribution in [3.8, 4) is 22.4 Å². The van der Waals surface area contributed by atoms with Gasteiger partial charge in [0.05, 0.1) is 11.3 Å². The van der Waals surface area contributed by atoms with Gasteiger partial charge in [-0.15, -0.1) is 0 Å². The highest BCUT2D eigenvalue weighted by Crippen LogP contribution is 2.32. The molecule has 0 unspecified atom stereocenters. The zero-order chi connectivity index (χ0) is 16.6. The van der Waals surface area contributed by atoms with Crippen LogP contribution >= 0.6 is 0 Å². The molecular formula is C17H8F5N. The molecule has 3 rings (SSSR count). The van der Waals surface area contributed by atoms with Gasteiger partial charge in [-0.3, -0.25) is 4.98 Å². The van der Waals surface area contributed by atoms with Gasteiger partial charge >= 0.3 is 0 Å². The van der Waals surface area contributed by atoms with Gasteiger partial charge in [0.25, 0.3) is 0 Å². The molecule has 0 aliphatic carbocycles. The van der Waals surface area contributed by atoms with Crippen LogP contribution in [0, 0.1) is 29.1 Å². The molecule has 23 heavy (non-hydrogen) atoms. The lowest BCUT2D eigenvalue weighted by atomic mass is 10.0. The highest BCUT2D eigenvalue weighted by molar-refractivity contribution is 5.71. The van der Waals surface area contributed by atoms with Crippen LogP contribution in [-0.2, 0) is 0 Å². The van der Waals surface area contributed by atoms with E-state index in [1.807, 2.05) is 0 Å². The lowest BCUT2D eigenvalue weighted by molar-refractivity contribution is 0.381. The number of rotatable bonds is 2. The van der Waals surface area contributed by atoms with Gasteiger partial charge in [0.1, 0.15) is 0 Å². The van der Waals surface area contributed by atoms with Gasteiger partial charge in [-0.1, -0.05) is 30.3 Å². The second-order valence-electron chi connectivity index (χ2n) is 4.74. The fraction of sp³-hybridized carbons (Fsp3) is 0. The van der Waals surface area contributed by atoms with Gasteiger partial charge in [0.2, 0.25) is 5.82 Å². The van der Waals surface area contributed by atoms with Crippen molar-refractivity contribution in [1.82, 2.24) is 4.98 Å². The average Bonchev–Trinajstić information content (AvgIpc) is 2.59. The molecule has 2 aromatic carbocycles. The van der Waals surface area contributed by atoms with E-state index in [1.165, 1.54) is 18.3 Å². The lowest BCUT2D eigenvalue weighted by Crippen LogP contribution is -2.04. The Balaban J connectivity index is 2.21. The van der Waals surface area contributed by atoms with Crippen molar-refractivity contribution in [3.05, 3.63) is 77.7 Å². The topological polar surface area (TPSA) is 12.9 Å². The Labute approximate surface area is 128 Å². The summed E-state index contributed by atoms with van der Waals surface area (Å²) in [6, 6.07) is 11.1. The zero-order valence-electron chi connectivity index (χ0n) is 11.5. The molecule has 1 heterocycles. The molecule has 0 aliphatic heterocycles. The second kappa shape index (κ2) is 5.79. The molecular weight excluding hydrogens is 313 g/mol. The van der Waals surface area contributed by atoms with E-state index < -0.39 is 34.6 Å². The van der Waals surface area contributed by atoms with Crippen LogP contribution in [-0.4, -0.2) is 4.98 Å². The molecule has 0 aliphatic rings. The number of pyridine rings is 1. The van der Waals surface area contributed by atoms with E-state index in [-0.39, 0.29) is 5.56 Å². The number of hydrogen-bond acceptors (Lipinski definition) is 1. The fourth-order valence-electron chi connectivity index (χ4n) is 2.21. The number of hydrogen-bond donors (Lipinski definition) is 0. The largest absolute Gasteiger partial charge is 0.256 e. The summed E-state index contributed by atoms with van der Waals surface area (Å²) in [6.45, 7) is 0. The van der Waals surface area contributed by atoms with Crippen molar-refractivity contribution < 1.29 is 22.0 Å². The molecule has 0 spiro atoms. The molecule has 1 aromatic heterocycles. The maximum Gasteiger partial charge on any atom is 0.200 e. The van der Waals surface area contributed by atoms with Crippen LogP contribution in [0.1, 0.15) is 0 Å². The molecule has 6 heteroatoms. The third-order valence-electron chi connectivity index (χ3n) is 3.33. The van der Waals surface area contributed by atoms with Crippen molar-refractivity contribution in [2.75, 3.05) is 0 Å². The first-order chi connectivity index (χ1) is 11.0. The molecule has 0 fully saturated rings. The van der Waals surface area contributed by atoms with Gasteiger partial charge in [-0.2, -0.15) is 0 Å². The third kappa shape index (κ3) is 2.56. The van der Waals surface area contributed by atoms with Crippen molar-refractivity contribution in [1.29, 1.82) is 0 Å². The summed E-state index contributed by atoms with van der Waals surface area (Å²) in [4.78, 5) is 4.05. The van der Waals surface area contributed by atoms with E-state index in [0.717, 1.165) is 0 Å². The summed E-state index contributed by atoms with van der Waals surface area (Å²) >= 11 is 0. The van der Waals surface area contributed by atoms with E-state index in [0.29, 0.717) is 11.3 Å². The normalized spacial score (nSPS) is 10.8. The number of aromatic nitrogens is 1. The first kappa shape index (κ1) is 15.1. The third-order valence-corrected chi connectivity index (χ3v) is 3.33. The molecule has 0 bridgehead atoms. The van der Waals surface area contributed by atoms with Crippen LogP contribution in [0.3, 0.4) is 0 Å². The van der Waals surface area contributed by atoms with Gasteiger partial charge < -0.3 is 0 Å². The van der Waals surface area contributed by atoms with Crippen molar-refractivity contribution in [3.63, 3.8) is 0 Å². The summed E-state index contributed by atoms with van der Waals surface area (Å²) < 4.78 is 67.6. The van der Waals surface area contributed by atoms with E-state index in [1.54, 1.807) is 30.3 Å². The van der Waals surface area contributed by atoms with Gasteiger partial charge in [-0.05, 0) is 17.7 Å². The van der Waals surface area contributed by atoms with Gasteiger partial charge in [0, 0.05) is 11.8 Å². The Hall–Kier alpha value is -2.76. The predicted octanol–water partition coefficient (Wildman–Crippen LogP) is 5.11. The summed E-state index contributed by atoms with van der Waals surface area (Å²) in [5.74, 6) is -9.87. The zero-order valence-corrected chi connectivity index (χ0v) is 11.5. The standard InChI is InChI=1S/C17H8F5N/c18-13-12(14(19)16(21)17(22)15(13)20)10-6-7-23-11(8-10)9-4-2-1-3-5-9/h1-8H. The number of nitrogens with zero attached hydrogens (tertiary/aromatic N) is 1. The van der Waals surface area contributed by atoms with Crippen molar-refractivity contribution in [2.24, 2.45) is 0 Å². The maximum atomic E-state index is 13.9. The molecule has 0 atom stereocenters. The highest BCUT2D eigenvalue weighted by Gasteiger charge is 2.26. The Morgan fingerprint density at radius 2 is 1.17 bits per heavy atom. The Morgan fingerprint density at radius 1 is 0.609 bits per heavy atom. The minimum atomic E-state index is -2.18. The molecule has 0 N–H and O–H groups in total. The lowest BCUT2D eigenvalue weighted by Gasteiger charge is -2.09. The Bertz CT molecular complexity index is 849. The molecule has 0 saturated heterocycles. The van der Waals surface area contributed by atoms with E-state index >= 15 is 0 Å². The SMILES string of the molecule is Fc1c(F)c(F)c(-c2ccnc(-c3ccccc3)c2)c(F)c1F. The number of halogens is 5. The van der Waals surface area contributed by atoms with E-state index in [4.69, 9.17) is 0 Å². The summed E-state index contributed by atoms with van der Waals surface area (Å²) in [7, 11) is 0. The summed E-state index contributed by atoms with van der Waals surface area (Å²) in [5.41, 5.74) is -0.113. The van der Waals surface area contributed by atoms with Crippen LogP contribution in [0.5, 0.6) is 0 Å². The molecule has 1 nitrogen and oxygen atoms in total. The van der Waals surface area contributed by atoms with Crippen molar-refractivity contribution >= 4 is 0 Å². The first-order valence-electron chi connectivity index (χ1n) is 6.54. The van der Waals surface area contributed by atoms with Crippen LogP contribution < -0.4 is 0 Å². The monoisotopic (exact) mass is 321 g/mol. The minimum Gasteiger partial charge on any atom is -0.256 e. The molecule has 0 saturated carbocycles. The molecule has 3 aromatic rings. The van der Waals surface area contributed by atoms with Crippen LogP contribution in [0.15, 0.2) is 48.7 Å². The maximum absolute atomic E-state index is 13.9. The smallest absolute Gasteiger partial charge is 0.200 e. The van der Waals surface area contributed by atoms with Gasteiger partial charge in [0.15, 0.2) is 23.3 Å². The highest BCUT2D eigenvalue weighted by atomic mass is 19.2. The summed E-state index contributed by atoms with van der Waals surface area (Å²) in [5, 5.41) is 0. The Kier molecular flexibility index (Phi) is 3.82. The molecule has 116 valence electrons. The van der Waals surface area contributed by atoms with E-state index in [9.17, 15) is 22.0 Å². The minimum absolute atomic E-state index is 0.147. The fourth-order valence-corrected chi connectivity index (χ4v) is 2.21. The quantitative estimate of drug-likeness (QED) is 0.363. The Morgan fingerprint density at radius 3 is 1.78 bits per heavy atom. The summed E-state index contributed by atoms with van der Waals surface area (Å²) in [6.07, 6.45) is 1.25. The van der Waals surface area contributed by atoms with Crippen molar-refractivity contribution in [2.45, 2.75) is 0 Å². The molecule has 0 radical (unpaired) electrons. The van der Waals surface area contributed by atoms with Crippen LogP contribution in [0.25, 0.3) is 22.4 Å². The molecule has 0 amide bonds. The average molecular weight is 321 g/mol. The predicted molar refractivity (Wildman–Crippen MR) is 74.9 cm³/mol. The van der Waals surface area contributed by atoms with Crippen LogP contribution in [0.4, 0.5) is 22.0 Å². The van der Waals surface area contributed by atoms with Gasteiger partial charge in [-0.25, -0.2) is 22.0 Å². The first-order valence-corrected chi connectivity index (χ1v) is 6.54. The number of benzene rings is 2. The van der Waals surface area contributed by atoms with Crippen LogP contribution in [0.2, 0.25) is 0 Å². The van der Waals surface area contributed by atoms with E-state index in [2.05, 4.69) is 4.98 Å².